The van der Waals surface area contributed by atoms with E-state index in [-0.39, 0.29) is 5.92 Å². The zero-order valence-electron chi connectivity index (χ0n) is 5.22. The van der Waals surface area contributed by atoms with Crippen molar-refractivity contribution in [2.24, 2.45) is 5.92 Å². The van der Waals surface area contributed by atoms with E-state index in [1.807, 2.05) is 12.2 Å². The molecule has 0 aromatic carbocycles. The molecule has 1 aliphatic carbocycles. The molecule has 0 saturated carbocycles. The molecule has 0 saturated heterocycles. The quantitative estimate of drug-likeness (QED) is 0.392. The van der Waals surface area contributed by atoms with Crippen molar-refractivity contribution in [3.8, 4) is 0 Å². The van der Waals surface area contributed by atoms with E-state index in [1.165, 1.54) is 6.21 Å². The minimum Gasteiger partial charge on any atom is -0.312 e. The molecule has 1 atom stereocenters. The van der Waals surface area contributed by atoms with Gasteiger partial charge in [0.25, 0.3) is 0 Å². The predicted octanol–water partition coefficient (Wildman–Crippen LogP) is 1.62. The molecule has 0 heterocycles. The summed E-state index contributed by atoms with van der Waals surface area (Å²) < 4.78 is 0. The Kier molecular flexibility index (Phi) is 1.78. The van der Waals surface area contributed by atoms with Crippen molar-refractivity contribution in [3.63, 3.8) is 0 Å². The van der Waals surface area contributed by atoms with E-state index in [4.69, 9.17) is 10.8 Å². The lowest BCUT2D eigenvalue weighted by Gasteiger charge is -2.12. The van der Waals surface area contributed by atoms with Crippen LogP contribution in [0.2, 0.25) is 0 Å². The van der Waals surface area contributed by atoms with Crippen molar-refractivity contribution in [3.05, 3.63) is 12.2 Å². The van der Waals surface area contributed by atoms with Crippen LogP contribution in [0.25, 0.3) is 0 Å². The highest BCUT2D eigenvalue weighted by molar-refractivity contribution is 5.97. The number of hydrogen-bond donors (Lipinski definition) is 2. The number of hydrogen-bond acceptors (Lipinski definition) is 2. The normalized spacial score (nSPS) is 26.2. The van der Waals surface area contributed by atoms with Crippen LogP contribution in [0.15, 0.2) is 12.2 Å². The molecular weight excluding hydrogens is 112 g/mol. The van der Waals surface area contributed by atoms with Gasteiger partial charge in [0.05, 0.1) is 0 Å². The van der Waals surface area contributed by atoms with Crippen LogP contribution in [-0.4, -0.2) is 11.9 Å². The van der Waals surface area contributed by atoms with E-state index < -0.39 is 0 Å². The summed E-state index contributed by atoms with van der Waals surface area (Å²) in [6, 6.07) is 0. The van der Waals surface area contributed by atoms with Gasteiger partial charge < -0.3 is 10.8 Å². The molecule has 48 valence electrons. The molecule has 0 aromatic heterocycles. The minimum absolute atomic E-state index is 0.0926. The lowest BCUT2D eigenvalue weighted by Crippen LogP contribution is -2.15. The van der Waals surface area contributed by atoms with Crippen LogP contribution in [0.4, 0.5) is 0 Å². The van der Waals surface area contributed by atoms with E-state index >= 15 is 0 Å². The third-order valence-corrected chi connectivity index (χ3v) is 1.54. The van der Waals surface area contributed by atoms with Crippen LogP contribution in [0.1, 0.15) is 12.8 Å². The summed E-state index contributed by atoms with van der Waals surface area (Å²) in [5.41, 5.74) is 0.674. The van der Waals surface area contributed by atoms with Gasteiger partial charge in [-0.1, -0.05) is 12.2 Å². The highest BCUT2D eigenvalue weighted by Gasteiger charge is 2.11. The van der Waals surface area contributed by atoms with Gasteiger partial charge >= 0.3 is 0 Å². The zero-order chi connectivity index (χ0) is 6.69. The van der Waals surface area contributed by atoms with E-state index in [0.717, 1.165) is 12.8 Å². The van der Waals surface area contributed by atoms with Crippen molar-refractivity contribution in [2.45, 2.75) is 12.8 Å². The first kappa shape index (κ1) is 6.20. The molecule has 1 aliphatic rings. The number of rotatable bonds is 1. The average molecular weight is 122 g/mol. The monoisotopic (exact) mass is 122 g/mol. The highest BCUT2D eigenvalue weighted by Crippen LogP contribution is 2.11. The fraction of sp³-hybridized carbons (Fsp3) is 0.429. The Morgan fingerprint density at radius 2 is 2.33 bits per heavy atom. The van der Waals surface area contributed by atoms with E-state index in [0.29, 0.717) is 5.71 Å². The summed E-state index contributed by atoms with van der Waals surface area (Å²) in [5.74, 6) is 0.0926. The predicted molar refractivity (Wildman–Crippen MR) is 38.4 cm³/mol. The summed E-state index contributed by atoms with van der Waals surface area (Å²) >= 11 is 0. The molecule has 0 aromatic rings. The molecule has 0 aliphatic heterocycles. The van der Waals surface area contributed by atoms with Crippen LogP contribution in [0.3, 0.4) is 0 Å². The SMILES string of the molecule is N=CC1CC=CCC1=N. The lowest BCUT2D eigenvalue weighted by molar-refractivity contribution is 0.888. The topological polar surface area (TPSA) is 47.7 Å². The molecule has 0 radical (unpaired) electrons. The van der Waals surface area contributed by atoms with Crippen LogP contribution in [0.5, 0.6) is 0 Å². The summed E-state index contributed by atoms with van der Waals surface area (Å²) in [7, 11) is 0. The molecule has 0 bridgehead atoms. The number of allylic oxidation sites excluding steroid dienone is 2. The number of nitrogens with one attached hydrogen (secondary N) is 2. The third-order valence-electron chi connectivity index (χ3n) is 1.54. The van der Waals surface area contributed by atoms with Gasteiger partial charge in [0.2, 0.25) is 0 Å². The van der Waals surface area contributed by atoms with Crippen molar-refractivity contribution in [1.29, 1.82) is 10.8 Å². The van der Waals surface area contributed by atoms with Crippen LogP contribution in [-0.2, 0) is 0 Å². The van der Waals surface area contributed by atoms with E-state index in [2.05, 4.69) is 0 Å². The molecule has 2 nitrogen and oxygen atoms in total. The molecule has 1 rings (SSSR count). The van der Waals surface area contributed by atoms with Gasteiger partial charge in [-0.3, -0.25) is 0 Å². The van der Waals surface area contributed by atoms with Crippen molar-refractivity contribution in [2.75, 3.05) is 0 Å². The Morgan fingerprint density at radius 3 is 2.78 bits per heavy atom. The van der Waals surface area contributed by atoms with Gasteiger partial charge in [-0.25, -0.2) is 0 Å². The fourth-order valence-electron chi connectivity index (χ4n) is 0.915. The van der Waals surface area contributed by atoms with Crippen molar-refractivity contribution < 1.29 is 0 Å². The maximum absolute atomic E-state index is 7.34. The van der Waals surface area contributed by atoms with E-state index in [1.54, 1.807) is 0 Å². The molecule has 1 unspecified atom stereocenters. The maximum Gasteiger partial charge on any atom is 0.0350 e. The largest absolute Gasteiger partial charge is 0.312 e. The molecule has 0 fully saturated rings. The van der Waals surface area contributed by atoms with Gasteiger partial charge in [0.15, 0.2) is 0 Å². The van der Waals surface area contributed by atoms with Gasteiger partial charge in [-0.05, 0) is 6.42 Å². The van der Waals surface area contributed by atoms with Gasteiger partial charge in [-0.2, -0.15) is 0 Å². The highest BCUT2D eigenvalue weighted by atomic mass is 14.5. The first-order valence-electron chi connectivity index (χ1n) is 3.07. The van der Waals surface area contributed by atoms with Crippen molar-refractivity contribution in [1.82, 2.24) is 0 Å². The maximum atomic E-state index is 7.34. The van der Waals surface area contributed by atoms with Gasteiger partial charge in [0.1, 0.15) is 0 Å². The van der Waals surface area contributed by atoms with E-state index in [9.17, 15) is 0 Å². The third kappa shape index (κ3) is 1.25. The van der Waals surface area contributed by atoms with Gasteiger partial charge in [-0.15, -0.1) is 0 Å². The first-order chi connectivity index (χ1) is 4.34. The average Bonchev–Trinajstić information content (AvgIpc) is 1.89. The van der Waals surface area contributed by atoms with Crippen LogP contribution < -0.4 is 0 Å². The molecular formula is C7H10N2. The smallest absolute Gasteiger partial charge is 0.0350 e. The lowest BCUT2D eigenvalue weighted by atomic mass is 9.94. The molecule has 9 heavy (non-hydrogen) atoms. The Labute approximate surface area is 54.6 Å². The standard InChI is InChI=1S/C7H10N2/c8-5-6-3-1-2-4-7(6)9/h1-2,5-6,8-9H,3-4H2. The fourth-order valence-corrected chi connectivity index (χ4v) is 0.915. The minimum atomic E-state index is 0.0926. The Bertz CT molecular complexity index is 158. The molecule has 0 amide bonds. The zero-order valence-corrected chi connectivity index (χ0v) is 5.22. The summed E-state index contributed by atoms with van der Waals surface area (Å²) in [6.07, 6.45) is 6.96. The molecule has 2 N–H and O–H groups in total. The summed E-state index contributed by atoms with van der Waals surface area (Å²) in [4.78, 5) is 0. The second-order valence-corrected chi connectivity index (χ2v) is 2.21. The first-order valence-corrected chi connectivity index (χ1v) is 3.07. The van der Waals surface area contributed by atoms with Crippen molar-refractivity contribution >= 4 is 11.9 Å². The Balaban J connectivity index is 2.63. The van der Waals surface area contributed by atoms with Crippen LogP contribution >= 0.6 is 0 Å². The second-order valence-electron chi connectivity index (χ2n) is 2.21. The van der Waals surface area contributed by atoms with Crippen LogP contribution in [0, 0.1) is 16.7 Å². The molecule has 2 heteroatoms. The summed E-state index contributed by atoms with van der Waals surface area (Å²) in [5, 5.41) is 14.3. The second kappa shape index (κ2) is 2.58. The Hall–Kier alpha value is -0.920. The summed E-state index contributed by atoms with van der Waals surface area (Å²) in [6.45, 7) is 0. The molecule has 0 spiro atoms. The Morgan fingerprint density at radius 1 is 1.56 bits per heavy atom. The van der Waals surface area contributed by atoms with Gasteiger partial charge in [0, 0.05) is 24.3 Å².